The average molecular weight is 397 g/mol. The Balaban J connectivity index is 2.41. The Kier molecular flexibility index (Phi) is 5.41. The van der Waals surface area contributed by atoms with Gasteiger partial charge in [-0.05, 0) is 19.9 Å². The number of methoxy groups -OCH3 is 3. The molecule has 1 atom stereocenters. The number of nitrogens with zero attached hydrogens (tertiary/aromatic N) is 2. The van der Waals surface area contributed by atoms with Crippen LogP contribution in [-0.2, 0) is 6.54 Å². The first-order valence-electron chi connectivity index (χ1n) is 9.03. The van der Waals surface area contributed by atoms with Crippen LogP contribution < -0.4 is 30.2 Å². The first kappa shape index (κ1) is 20.1. The topological polar surface area (TPSA) is 109 Å². The molecule has 2 N–H and O–H groups in total. The highest BCUT2D eigenvalue weighted by molar-refractivity contribution is 5.61. The zero-order valence-electron chi connectivity index (χ0n) is 17.0. The van der Waals surface area contributed by atoms with Crippen LogP contribution in [0.1, 0.15) is 29.7 Å². The van der Waals surface area contributed by atoms with Gasteiger partial charge >= 0.3 is 0 Å². The van der Waals surface area contributed by atoms with Crippen LogP contribution in [0.5, 0.6) is 23.0 Å². The van der Waals surface area contributed by atoms with Gasteiger partial charge in [0, 0.05) is 29.9 Å². The molecule has 0 radical (unpaired) electrons. The monoisotopic (exact) mass is 397 g/mol. The molecule has 1 aliphatic heterocycles. The van der Waals surface area contributed by atoms with Crippen LogP contribution in [-0.4, -0.2) is 25.9 Å². The molecule has 0 aliphatic carbocycles. The molecule has 0 saturated heterocycles. The molecular weight excluding hydrogens is 374 g/mol. The summed E-state index contributed by atoms with van der Waals surface area (Å²) in [4.78, 5) is 13.3. The highest BCUT2D eigenvalue weighted by Gasteiger charge is 2.36. The number of hydrogen-bond acceptors (Lipinski definition) is 7. The number of benzene rings is 1. The van der Waals surface area contributed by atoms with Gasteiger partial charge in [0.1, 0.15) is 23.1 Å². The first-order chi connectivity index (χ1) is 13.9. The van der Waals surface area contributed by atoms with E-state index in [1.54, 1.807) is 22.8 Å². The van der Waals surface area contributed by atoms with Gasteiger partial charge < -0.3 is 29.2 Å². The van der Waals surface area contributed by atoms with E-state index < -0.39 is 5.92 Å². The minimum atomic E-state index is -0.774. The second kappa shape index (κ2) is 7.80. The molecular formula is C21H23N3O5. The van der Waals surface area contributed by atoms with Gasteiger partial charge in [-0.15, -0.1) is 0 Å². The summed E-state index contributed by atoms with van der Waals surface area (Å²) in [6, 6.07) is 7.19. The molecule has 3 rings (SSSR count). The van der Waals surface area contributed by atoms with Crippen molar-refractivity contribution in [2.45, 2.75) is 26.3 Å². The van der Waals surface area contributed by atoms with Crippen molar-refractivity contribution in [2.24, 2.45) is 5.73 Å². The fraction of sp³-hybridized carbons (Fsp3) is 0.333. The maximum atomic E-state index is 13.3. The van der Waals surface area contributed by atoms with Crippen molar-refractivity contribution in [1.82, 2.24) is 4.57 Å². The minimum Gasteiger partial charge on any atom is -0.496 e. The lowest BCUT2D eigenvalue weighted by Gasteiger charge is -2.28. The van der Waals surface area contributed by atoms with Crippen molar-refractivity contribution in [1.29, 1.82) is 5.26 Å². The molecule has 0 spiro atoms. The minimum absolute atomic E-state index is 0.0464. The first-order valence-corrected chi connectivity index (χ1v) is 9.03. The van der Waals surface area contributed by atoms with Gasteiger partial charge in [0.25, 0.3) is 5.56 Å². The van der Waals surface area contributed by atoms with Gasteiger partial charge in [0.2, 0.25) is 5.88 Å². The summed E-state index contributed by atoms with van der Waals surface area (Å²) in [6.45, 7) is 4.18. The molecule has 0 amide bonds. The van der Waals surface area contributed by atoms with Crippen LogP contribution >= 0.6 is 0 Å². The maximum absolute atomic E-state index is 13.3. The van der Waals surface area contributed by atoms with Gasteiger partial charge in [0.05, 0.1) is 32.8 Å². The number of rotatable bonds is 5. The van der Waals surface area contributed by atoms with Gasteiger partial charge in [-0.2, -0.15) is 5.26 Å². The molecule has 0 fully saturated rings. The van der Waals surface area contributed by atoms with Crippen molar-refractivity contribution in [3.05, 3.63) is 56.8 Å². The van der Waals surface area contributed by atoms with Crippen molar-refractivity contribution >= 4 is 0 Å². The second-order valence-electron chi connectivity index (χ2n) is 6.49. The number of fused-ring (bicyclic) bond motifs is 1. The zero-order chi connectivity index (χ0) is 21.3. The number of allylic oxidation sites excluding steroid dienone is 1. The van der Waals surface area contributed by atoms with Gasteiger partial charge in [-0.3, -0.25) is 4.79 Å². The standard InChI is InChI=1S/C21H23N3O5/c1-6-24-11(2)7-17-19(21(24)25)18(13(10-22)20(23)29-17)12-8-15(27-4)16(28-5)9-14(12)26-3/h7-9,18H,6,23H2,1-5H3/t18-/m0/s1. The number of nitrogens with two attached hydrogens (primary N) is 1. The third-order valence-electron chi connectivity index (χ3n) is 5.05. The summed E-state index contributed by atoms with van der Waals surface area (Å²) in [6.07, 6.45) is 0. The third-order valence-corrected chi connectivity index (χ3v) is 5.05. The molecule has 29 heavy (non-hydrogen) atoms. The summed E-state index contributed by atoms with van der Waals surface area (Å²) in [5, 5.41) is 9.81. The van der Waals surface area contributed by atoms with E-state index in [9.17, 15) is 10.1 Å². The van der Waals surface area contributed by atoms with Gasteiger partial charge in [-0.25, -0.2) is 0 Å². The van der Waals surface area contributed by atoms with E-state index in [-0.39, 0.29) is 17.0 Å². The number of aromatic nitrogens is 1. The fourth-order valence-corrected chi connectivity index (χ4v) is 3.67. The van der Waals surface area contributed by atoms with Crippen molar-refractivity contribution in [3.8, 4) is 29.1 Å². The van der Waals surface area contributed by atoms with Gasteiger partial charge in [-0.1, -0.05) is 0 Å². The Labute approximate surface area is 168 Å². The predicted molar refractivity (Wildman–Crippen MR) is 107 cm³/mol. The number of nitriles is 1. The van der Waals surface area contributed by atoms with E-state index in [4.69, 9.17) is 24.7 Å². The van der Waals surface area contributed by atoms with Crippen molar-refractivity contribution < 1.29 is 18.9 Å². The molecule has 2 aromatic rings. The Morgan fingerprint density at radius 3 is 2.31 bits per heavy atom. The summed E-state index contributed by atoms with van der Waals surface area (Å²) < 4.78 is 23.6. The third kappa shape index (κ3) is 3.14. The number of aryl methyl sites for hydroxylation is 1. The summed E-state index contributed by atoms with van der Waals surface area (Å²) in [7, 11) is 4.53. The molecule has 1 aromatic carbocycles. The lowest BCUT2D eigenvalue weighted by Crippen LogP contribution is -2.32. The summed E-state index contributed by atoms with van der Waals surface area (Å²) in [5.74, 6) is 0.847. The van der Waals surface area contributed by atoms with Crippen molar-refractivity contribution in [3.63, 3.8) is 0 Å². The predicted octanol–water partition coefficient (Wildman–Crippen LogP) is 2.42. The summed E-state index contributed by atoms with van der Waals surface area (Å²) in [5.41, 5.74) is 7.56. The van der Waals surface area contributed by atoms with Crippen LogP contribution in [0.2, 0.25) is 0 Å². The Bertz CT molecular complexity index is 1090. The molecule has 2 heterocycles. The Morgan fingerprint density at radius 1 is 1.14 bits per heavy atom. The highest BCUT2D eigenvalue weighted by Crippen LogP contribution is 2.46. The number of ether oxygens (including phenoxy) is 4. The van der Waals surface area contributed by atoms with E-state index >= 15 is 0 Å². The van der Waals surface area contributed by atoms with Crippen LogP contribution in [0.4, 0.5) is 0 Å². The number of pyridine rings is 1. The largest absolute Gasteiger partial charge is 0.496 e. The molecule has 1 aromatic heterocycles. The lowest BCUT2D eigenvalue weighted by molar-refractivity contribution is 0.346. The van der Waals surface area contributed by atoms with Crippen molar-refractivity contribution in [2.75, 3.05) is 21.3 Å². The fourth-order valence-electron chi connectivity index (χ4n) is 3.67. The van der Waals surface area contributed by atoms with Gasteiger partial charge in [0.15, 0.2) is 11.5 Å². The molecule has 152 valence electrons. The Morgan fingerprint density at radius 2 is 1.76 bits per heavy atom. The maximum Gasteiger partial charge on any atom is 0.258 e. The summed E-state index contributed by atoms with van der Waals surface area (Å²) >= 11 is 0. The molecule has 0 unspecified atom stereocenters. The normalized spacial score (nSPS) is 15.2. The smallest absolute Gasteiger partial charge is 0.258 e. The van der Waals surface area contributed by atoms with Crippen LogP contribution in [0.3, 0.4) is 0 Å². The molecule has 8 heteroatoms. The second-order valence-corrected chi connectivity index (χ2v) is 6.49. The van der Waals surface area contributed by atoms with E-state index in [1.165, 1.54) is 21.3 Å². The van der Waals surface area contributed by atoms with E-state index in [2.05, 4.69) is 6.07 Å². The molecule has 0 bridgehead atoms. The molecule has 1 aliphatic rings. The lowest BCUT2D eigenvalue weighted by atomic mass is 9.83. The quantitative estimate of drug-likeness (QED) is 0.825. The Hall–Kier alpha value is -3.60. The van der Waals surface area contributed by atoms with E-state index in [1.807, 2.05) is 13.8 Å². The molecule has 8 nitrogen and oxygen atoms in total. The SMILES string of the molecule is CCn1c(C)cc2c(c1=O)[C@@H](c1cc(OC)c(OC)cc1OC)C(C#N)=C(N)O2. The van der Waals surface area contributed by atoms with Crippen LogP contribution in [0.15, 0.2) is 34.4 Å². The average Bonchev–Trinajstić information content (AvgIpc) is 2.71. The van der Waals surface area contributed by atoms with E-state index in [0.717, 1.165) is 5.69 Å². The zero-order valence-corrected chi connectivity index (χ0v) is 17.0. The van der Waals surface area contributed by atoms with E-state index in [0.29, 0.717) is 40.7 Å². The van der Waals surface area contributed by atoms with Crippen LogP contribution in [0.25, 0.3) is 0 Å². The van der Waals surface area contributed by atoms with Crippen LogP contribution in [0, 0.1) is 18.3 Å². The molecule has 0 saturated carbocycles. The number of hydrogen-bond donors (Lipinski definition) is 1. The highest BCUT2D eigenvalue weighted by atomic mass is 16.5.